The predicted molar refractivity (Wildman–Crippen MR) is 99.4 cm³/mol. The summed E-state index contributed by atoms with van der Waals surface area (Å²) in [5.41, 5.74) is 2.74. The molecule has 1 amide bonds. The van der Waals surface area contributed by atoms with E-state index >= 15 is 0 Å². The summed E-state index contributed by atoms with van der Waals surface area (Å²) >= 11 is 0. The van der Waals surface area contributed by atoms with E-state index in [4.69, 9.17) is 4.74 Å². The van der Waals surface area contributed by atoms with Crippen LogP contribution in [0.15, 0.2) is 35.4 Å². The highest BCUT2D eigenvalue weighted by Crippen LogP contribution is 2.19. The standard InChI is InChI=1S/C20H25N3O3/c1-4-23-14(3)9-13(2)18(20(23)25)19(24)22-17-12-26-11-16(17)10-15-5-7-21-8-6-15/h5-9,16-17H,4,10-12H2,1-3H3,(H,22,24)/t16-,17-/m1/s1. The fourth-order valence-corrected chi connectivity index (χ4v) is 3.62. The Morgan fingerprint density at radius 3 is 2.73 bits per heavy atom. The van der Waals surface area contributed by atoms with E-state index < -0.39 is 0 Å². The molecule has 2 aromatic rings. The molecule has 1 saturated heterocycles. The fraction of sp³-hybridized carbons (Fsp3) is 0.450. The average molecular weight is 355 g/mol. The first-order valence-electron chi connectivity index (χ1n) is 8.99. The predicted octanol–water partition coefficient (Wildman–Crippen LogP) is 1.87. The van der Waals surface area contributed by atoms with Crippen LogP contribution in [0.2, 0.25) is 0 Å². The zero-order valence-electron chi connectivity index (χ0n) is 15.5. The molecule has 0 bridgehead atoms. The number of ether oxygens (including phenoxy) is 1. The summed E-state index contributed by atoms with van der Waals surface area (Å²) in [7, 11) is 0. The van der Waals surface area contributed by atoms with Gasteiger partial charge in [0.15, 0.2) is 0 Å². The van der Waals surface area contributed by atoms with Crippen molar-refractivity contribution in [2.45, 2.75) is 39.8 Å². The van der Waals surface area contributed by atoms with Gasteiger partial charge in [-0.2, -0.15) is 0 Å². The summed E-state index contributed by atoms with van der Waals surface area (Å²) in [5.74, 6) is -0.134. The van der Waals surface area contributed by atoms with E-state index in [0.717, 1.165) is 17.7 Å². The molecule has 0 saturated carbocycles. The summed E-state index contributed by atoms with van der Waals surface area (Å²) in [6.45, 7) is 7.20. The van der Waals surface area contributed by atoms with Crippen LogP contribution < -0.4 is 10.9 Å². The molecule has 2 atom stereocenters. The van der Waals surface area contributed by atoms with E-state index in [2.05, 4.69) is 10.3 Å². The lowest BCUT2D eigenvalue weighted by Crippen LogP contribution is -2.43. The van der Waals surface area contributed by atoms with Crippen molar-refractivity contribution in [2.75, 3.05) is 13.2 Å². The molecule has 3 heterocycles. The van der Waals surface area contributed by atoms with Crippen LogP contribution in [0, 0.1) is 19.8 Å². The molecule has 0 aliphatic carbocycles. The van der Waals surface area contributed by atoms with Crippen LogP contribution >= 0.6 is 0 Å². The molecule has 3 rings (SSSR count). The molecule has 0 radical (unpaired) electrons. The van der Waals surface area contributed by atoms with Gasteiger partial charge in [-0.25, -0.2) is 0 Å². The third kappa shape index (κ3) is 3.70. The van der Waals surface area contributed by atoms with E-state index in [0.29, 0.717) is 25.3 Å². The second-order valence-electron chi connectivity index (χ2n) is 6.83. The number of rotatable bonds is 5. The zero-order chi connectivity index (χ0) is 18.7. The number of aromatic nitrogens is 2. The fourth-order valence-electron chi connectivity index (χ4n) is 3.62. The van der Waals surface area contributed by atoms with Crippen molar-refractivity contribution >= 4 is 5.91 Å². The number of carbonyl (C=O) groups is 1. The van der Waals surface area contributed by atoms with Gasteiger partial charge >= 0.3 is 0 Å². The van der Waals surface area contributed by atoms with Crippen molar-refractivity contribution in [3.05, 3.63) is 63.3 Å². The van der Waals surface area contributed by atoms with Gasteiger partial charge in [0.2, 0.25) is 0 Å². The maximum Gasteiger partial charge on any atom is 0.263 e. The summed E-state index contributed by atoms with van der Waals surface area (Å²) in [4.78, 5) is 29.6. The highest BCUT2D eigenvalue weighted by Gasteiger charge is 2.31. The van der Waals surface area contributed by atoms with Crippen LogP contribution in [0.3, 0.4) is 0 Å². The Hall–Kier alpha value is -2.47. The Morgan fingerprint density at radius 1 is 1.31 bits per heavy atom. The summed E-state index contributed by atoms with van der Waals surface area (Å²) < 4.78 is 7.22. The molecule has 1 N–H and O–H groups in total. The molecule has 138 valence electrons. The minimum atomic E-state index is -0.315. The third-order valence-corrected chi connectivity index (χ3v) is 5.01. The van der Waals surface area contributed by atoms with Gasteiger partial charge in [0.1, 0.15) is 5.56 Å². The van der Waals surface area contributed by atoms with Gasteiger partial charge in [-0.05, 0) is 56.5 Å². The van der Waals surface area contributed by atoms with Gasteiger partial charge in [-0.1, -0.05) is 0 Å². The minimum Gasteiger partial charge on any atom is -0.379 e. The number of hydrogen-bond donors (Lipinski definition) is 1. The molecule has 6 nitrogen and oxygen atoms in total. The Labute approximate surface area is 153 Å². The quantitative estimate of drug-likeness (QED) is 0.889. The first kappa shape index (κ1) is 18.3. The number of nitrogens with zero attached hydrogens (tertiary/aromatic N) is 2. The summed E-state index contributed by atoms with van der Waals surface area (Å²) in [6.07, 6.45) is 4.34. The Bertz CT molecular complexity index is 845. The molecule has 1 fully saturated rings. The van der Waals surface area contributed by atoms with Crippen LogP contribution in [0.4, 0.5) is 0 Å². The van der Waals surface area contributed by atoms with Crippen LogP contribution in [-0.2, 0) is 17.7 Å². The average Bonchev–Trinajstić information content (AvgIpc) is 3.02. The number of amides is 1. The molecule has 1 aliphatic heterocycles. The molecule has 0 aromatic carbocycles. The first-order chi connectivity index (χ1) is 12.5. The lowest BCUT2D eigenvalue weighted by Gasteiger charge is -2.20. The van der Waals surface area contributed by atoms with E-state index in [9.17, 15) is 9.59 Å². The molecule has 1 aliphatic rings. The van der Waals surface area contributed by atoms with Crippen molar-refractivity contribution < 1.29 is 9.53 Å². The van der Waals surface area contributed by atoms with E-state index in [1.54, 1.807) is 17.0 Å². The SMILES string of the molecule is CCn1c(C)cc(C)c(C(=O)N[C@@H]2COC[C@H]2Cc2ccncc2)c1=O. The lowest BCUT2D eigenvalue weighted by atomic mass is 9.95. The molecular formula is C20H25N3O3. The first-order valence-corrected chi connectivity index (χ1v) is 8.99. The van der Waals surface area contributed by atoms with Gasteiger partial charge in [-0.15, -0.1) is 0 Å². The van der Waals surface area contributed by atoms with Gasteiger partial charge < -0.3 is 14.6 Å². The highest BCUT2D eigenvalue weighted by molar-refractivity contribution is 5.95. The normalized spacial score (nSPS) is 19.5. The summed E-state index contributed by atoms with van der Waals surface area (Å²) in [5, 5.41) is 3.03. The maximum absolute atomic E-state index is 12.8. The second kappa shape index (κ2) is 7.83. The van der Waals surface area contributed by atoms with Gasteiger partial charge in [0, 0.05) is 30.6 Å². The van der Waals surface area contributed by atoms with Crippen molar-refractivity contribution in [3.63, 3.8) is 0 Å². The van der Waals surface area contributed by atoms with Crippen LogP contribution in [0.5, 0.6) is 0 Å². The lowest BCUT2D eigenvalue weighted by molar-refractivity contribution is 0.0922. The second-order valence-corrected chi connectivity index (χ2v) is 6.83. The number of nitrogens with one attached hydrogen (secondary N) is 1. The van der Waals surface area contributed by atoms with Crippen molar-refractivity contribution in [3.8, 4) is 0 Å². The smallest absolute Gasteiger partial charge is 0.263 e. The number of carbonyl (C=O) groups excluding carboxylic acids is 1. The van der Waals surface area contributed by atoms with Crippen molar-refractivity contribution in [1.82, 2.24) is 14.9 Å². The number of pyridine rings is 2. The molecule has 6 heteroatoms. The Kier molecular flexibility index (Phi) is 5.52. The largest absolute Gasteiger partial charge is 0.379 e. The van der Waals surface area contributed by atoms with Crippen LogP contribution in [0.1, 0.15) is 34.1 Å². The molecule has 26 heavy (non-hydrogen) atoms. The maximum atomic E-state index is 12.8. The summed E-state index contributed by atoms with van der Waals surface area (Å²) in [6, 6.07) is 5.73. The Morgan fingerprint density at radius 2 is 2.04 bits per heavy atom. The van der Waals surface area contributed by atoms with Gasteiger partial charge in [0.05, 0.1) is 19.3 Å². The van der Waals surface area contributed by atoms with Gasteiger partial charge in [0.25, 0.3) is 11.5 Å². The van der Waals surface area contributed by atoms with Gasteiger partial charge in [-0.3, -0.25) is 14.6 Å². The van der Waals surface area contributed by atoms with Crippen LogP contribution in [0.25, 0.3) is 0 Å². The van der Waals surface area contributed by atoms with Crippen molar-refractivity contribution in [2.24, 2.45) is 5.92 Å². The molecule has 2 aromatic heterocycles. The molecule has 0 unspecified atom stereocenters. The monoisotopic (exact) mass is 355 g/mol. The minimum absolute atomic E-state index is 0.106. The number of hydrogen-bond acceptors (Lipinski definition) is 4. The topological polar surface area (TPSA) is 73.2 Å². The Balaban J connectivity index is 1.78. The van der Waals surface area contributed by atoms with Crippen molar-refractivity contribution in [1.29, 1.82) is 0 Å². The van der Waals surface area contributed by atoms with E-state index in [1.807, 2.05) is 39.0 Å². The van der Waals surface area contributed by atoms with Crippen LogP contribution in [-0.4, -0.2) is 34.7 Å². The zero-order valence-corrected chi connectivity index (χ0v) is 15.5. The highest BCUT2D eigenvalue weighted by atomic mass is 16.5. The molecular weight excluding hydrogens is 330 g/mol. The van der Waals surface area contributed by atoms with E-state index in [-0.39, 0.29) is 29.0 Å². The van der Waals surface area contributed by atoms with E-state index in [1.165, 1.54) is 0 Å². The third-order valence-electron chi connectivity index (χ3n) is 5.01. The molecule has 0 spiro atoms. The number of aryl methyl sites for hydroxylation is 2.